The maximum absolute atomic E-state index is 3.58. The number of thioether (sulfide) groups is 1. The predicted octanol–water partition coefficient (Wildman–Crippen LogP) is 3.41. The van der Waals surface area contributed by atoms with E-state index in [1.807, 2.05) is 23.1 Å². The number of unbranched alkanes of at least 4 members (excludes halogenated alkanes) is 1. The second kappa shape index (κ2) is 8.20. The summed E-state index contributed by atoms with van der Waals surface area (Å²) in [5.41, 5.74) is 0. The van der Waals surface area contributed by atoms with Gasteiger partial charge in [-0.05, 0) is 56.2 Å². The van der Waals surface area contributed by atoms with E-state index in [9.17, 15) is 0 Å². The topological polar surface area (TPSA) is 12.0 Å². The van der Waals surface area contributed by atoms with Gasteiger partial charge in [-0.3, -0.25) is 0 Å². The van der Waals surface area contributed by atoms with E-state index in [0.717, 1.165) is 6.54 Å². The second-order valence-electron chi connectivity index (χ2n) is 3.84. The Hall–Kier alpha value is 0.01000. The zero-order valence-electron chi connectivity index (χ0n) is 9.66. The molecule has 0 aliphatic rings. The Morgan fingerprint density at radius 2 is 2.33 bits per heavy atom. The molecule has 1 aromatic rings. The summed E-state index contributed by atoms with van der Waals surface area (Å²) in [6, 6.07) is 4.96. The minimum atomic E-state index is 0.609. The molecule has 1 atom stereocenters. The minimum Gasteiger partial charge on any atom is -0.314 e. The molecule has 0 saturated carbocycles. The van der Waals surface area contributed by atoms with Crippen molar-refractivity contribution in [3.63, 3.8) is 0 Å². The third-order valence-corrected chi connectivity index (χ3v) is 3.95. The molecule has 0 aromatic carbocycles. The third-order valence-electron chi connectivity index (χ3n) is 2.36. The Morgan fingerprint density at radius 1 is 1.47 bits per heavy atom. The molecule has 1 N–H and O–H groups in total. The second-order valence-corrected chi connectivity index (χ2v) is 5.86. The van der Waals surface area contributed by atoms with Gasteiger partial charge in [0, 0.05) is 10.9 Å². The van der Waals surface area contributed by atoms with E-state index in [0.29, 0.717) is 6.04 Å². The van der Waals surface area contributed by atoms with Crippen LogP contribution >= 0.6 is 23.1 Å². The van der Waals surface area contributed by atoms with Gasteiger partial charge < -0.3 is 5.32 Å². The molecule has 0 bridgehead atoms. The molecule has 0 aliphatic carbocycles. The van der Waals surface area contributed by atoms with Gasteiger partial charge in [-0.25, -0.2) is 0 Å². The van der Waals surface area contributed by atoms with Crippen LogP contribution < -0.4 is 5.32 Å². The van der Waals surface area contributed by atoms with Crippen LogP contribution in [0, 0.1) is 0 Å². The Bertz CT molecular complexity index is 234. The number of rotatable bonds is 8. The van der Waals surface area contributed by atoms with Crippen LogP contribution in [0.4, 0.5) is 0 Å². The van der Waals surface area contributed by atoms with E-state index in [1.165, 1.54) is 29.9 Å². The predicted molar refractivity (Wildman–Crippen MR) is 73.1 cm³/mol. The average Bonchev–Trinajstić information content (AvgIpc) is 2.70. The summed E-state index contributed by atoms with van der Waals surface area (Å²) in [6.07, 6.45) is 5.97. The quantitative estimate of drug-likeness (QED) is 0.702. The van der Waals surface area contributed by atoms with Crippen molar-refractivity contribution in [2.45, 2.75) is 32.2 Å². The van der Waals surface area contributed by atoms with Crippen LogP contribution in [0.1, 0.15) is 24.6 Å². The fourth-order valence-corrected chi connectivity index (χ4v) is 2.85. The molecule has 3 heteroatoms. The molecule has 1 unspecified atom stereocenters. The molecular weight excluding hydrogens is 222 g/mol. The first-order valence-electron chi connectivity index (χ1n) is 5.57. The van der Waals surface area contributed by atoms with Crippen molar-refractivity contribution in [2.75, 3.05) is 18.6 Å². The van der Waals surface area contributed by atoms with Gasteiger partial charge in [0.05, 0.1) is 0 Å². The number of hydrogen-bond acceptors (Lipinski definition) is 3. The van der Waals surface area contributed by atoms with Crippen LogP contribution in [-0.2, 0) is 6.42 Å². The van der Waals surface area contributed by atoms with Crippen LogP contribution in [0.2, 0.25) is 0 Å². The highest BCUT2D eigenvalue weighted by Crippen LogP contribution is 2.10. The van der Waals surface area contributed by atoms with Gasteiger partial charge >= 0.3 is 0 Å². The van der Waals surface area contributed by atoms with E-state index in [1.54, 1.807) is 0 Å². The van der Waals surface area contributed by atoms with Crippen molar-refractivity contribution in [2.24, 2.45) is 0 Å². The lowest BCUT2D eigenvalue weighted by Gasteiger charge is -2.12. The maximum Gasteiger partial charge on any atom is 0.00870 e. The summed E-state index contributed by atoms with van der Waals surface area (Å²) < 4.78 is 0. The Balaban J connectivity index is 2.01. The Kier molecular flexibility index (Phi) is 7.14. The van der Waals surface area contributed by atoms with Crippen molar-refractivity contribution < 1.29 is 0 Å². The van der Waals surface area contributed by atoms with Gasteiger partial charge in [-0.1, -0.05) is 6.07 Å². The van der Waals surface area contributed by atoms with Crippen molar-refractivity contribution in [1.29, 1.82) is 0 Å². The number of hydrogen-bond donors (Lipinski definition) is 1. The molecular formula is C12H21NS2. The molecule has 0 spiro atoms. The van der Waals surface area contributed by atoms with Gasteiger partial charge in [0.25, 0.3) is 0 Å². The van der Waals surface area contributed by atoms with Gasteiger partial charge in [-0.2, -0.15) is 11.8 Å². The highest BCUT2D eigenvalue weighted by Gasteiger charge is 2.02. The minimum absolute atomic E-state index is 0.609. The normalized spacial score (nSPS) is 12.9. The largest absolute Gasteiger partial charge is 0.314 e. The fraction of sp³-hybridized carbons (Fsp3) is 0.667. The summed E-state index contributed by atoms with van der Waals surface area (Å²) >= 11 is 3.79. The first-order chi connectivity index (χ1) is 7.33. The summed E-state index contributed by atoms with van der Waals surface area (Å²) in [5, 5.41) is 5.73. The van der Waals surface area contributed by atoms with Gasteiger partial charge in [0.15, 0.2) is 0 Å². The van der Waals surface area contributed by atoms with E-state index < -0.39 is 0 Å². The fourth-order valence-electron chi connectivity index (χ4n) is 1.52. The molecule has 86 valence electrons. The SMILES string of the molecule is CSCCCCNC(C)Cc1cccs1. The van der Waals surface area contributed by atoms with Crippen molar-refractivity contribution in [1.82, 2.24) is 5.32 Å². The zero-order chi connectivity index (χ0) is 10.9. The first kappa shape index (κ1) is 13.1. The molecule has 1 heterocycles. The highest BCUT2D eigenvalue weighted by molar-refractivity contribution is 7.98. The molecule has 1 rings (SSSR count). The Morgan fingerprint density at radius 3 is 3.00 bits per heavy atom. The summed E-state index contributed by atoms with van der Waals surface area (Å²) in [5.74, 6) is 1.29. The van der Waals surface area contributed by atoms with E-state index in [-0.39, 0.29) is 0 Å². The Labute approximate surface area is 102 Å². The summed E-state index contributed by atoms with van der Waals surface area (Å²) in [6.45, 7) is 3.43. The highest BCUT2D eigenvalue weighted by atomic mass is 32.2. The molecule has 0 aliphatic heterocycles. The maximum atomic E-state index is 3.58. The molecule has 0 fully saturated rings. The van der Waals surface area contributed by atoms with Gasteiger partial charge in [-0.15, -0.1) is 11.3 Å². The van der Waals surface area contributed by atoms with Gasteiger partial charge in [0.1, 0.15) is 0 Å². The third kappa shape index (κ3) is 6.23. The van der Waals surface area contributed by atoms with Crippen LogP contribution in [0.3, 0.4) is 0 Å². The van der Waals surface area contributed by atoms with Crippen LogP contribution in [-0.4, -0.2) is 24.6 Å². The van der Waals surface area contributed by atoms with Crippen molar-refractivity contribution in [3.05, 3.63) is 22.4 Å². The van der Waals surface area contributed by atoms with Crippen LogP contribution in [0.15, 0.2) is 17.5 Å². The standard InChI is InChI=1S/C12H21NS2/c1-11(10-12-6-5-9-15-12)13-7-3-4-8-14-2/h5-6,9,11,13H,3-4,7-8,10H2,1-2H3. The smallest absolute Gasteiger partial charge is 0.00870 e. The molecule has 0 saturated heterocycles. The molecule has 0 amide bonds. The molecule has 15 heavy (non-hydrogen) atoms. The lowest BCUT2D eigenvalue weighted by molar-refractivity contribution is 0.534. The zero-order valence-corrected chi connectivity index (χ0v) is 11.3. The first-order valence-corrected chi connectivity index (χ1v) is 7.85. The number of nitrogens with one attached hydrogen (secondary N) is 1. The average molecular weight is 243 g/mol. The van der Waals surface area contributed by atoms with Gasteiger partial charge in [0.2, 0.25) is 0 Å². The van der Waals surface area contributed by atoms with Crippen LogP contribution in [0.25, 0.3) is 0 Å². The van der Waals surface area contributed by atoms with Crippen molar-refractivity contribution in [3.8, 4) is 0 Å². The molecule has 1 nitrogen and oxygen atoms in total. The van der Waals surface area contributed by atoms with E-state index >= 15 is 0 Å². The monoisotopic (exact) mass is 243 g/mol. The summed E-state index contributed by atoms with van der Waals surface area (Å²) in [4.78, 5) is 1.49. The molecule has 1 aromatic heterocycles. The van der Waals surface area contributed by atoms with Crippen molar-refractivity contribution >= 4 is 23.1 Å². The van der Waals surface area contributed by atoms with Crippen LogP contribution in [0.5, 0.6) is 0 Å². The van der Waals surface area contributed by atoms with E-state index in [4.69, 9.17) is 0 Å². The lowest BCUT2D eigenvalue weighted by atomic mass is 10.2. The lowest BCUT2D eigenvalue weighted by Crippen LogP contribution is -2.28. The summed E-state index contributed by atoms with van der Waals surface area (Å²) in [7, 11) is 0. The molecule has 0 radical (unpaired) electrons. The number of thiophene rings is 1. The van der Waals surface area contributed by atoms with E-state index in [2.05, 4.69) is 36.0 Å².